The molecule has 3 nitrogen and oxygen atoms in total. The first-order valence-corrected chi connectivity index (χ1v) is 4.51. The zero-order valence-corrected chi connectivity index (χ0v) is 7.62. The molecule has 2 rings (SSSR count). The van der Waals surface area contributed by atoms with E-state index >= 15 is 0 Å². The first kappa shape index (κ1) is 7.65. The van der Waals surface area contributed by atoms with Crippen molar-refractivity contribution >= 4 is 5.69 Å². The third kappa shape index (κ3) is 1.60. The van der Waals surface area contributed by atoms with Gasteiger partial charge in [-0.15, -0.1) is 0 Å². The van der Waals surface area contributed by atoms with Crippen LogP contribution in [0.5, 0.6) is 0 Å². The van der Waals surface area contributed by atoms with Crippen molar-refractivity contribution in [1.82, 2.24) is 9.78 Å². The van der Waals surface area contributed by atoms with Crippen LogP contribution in [0, 0.1) is 5.92 Å². The predicted octanol–water partition coefficient (Wildman–Crippen LogP) is 1.63. The summed E-state index contributed by atoms with van der Waals surface area (Å²) in [5.74, 6) is 0.894. The van der Waals surface area contributed by atoms with Crippen molar-refractivity contribution in [1.29, 1.82) is 0 Å². The average molecular weight is 165 g/mol. The lowest BCUT2D eigenvalue weighted by Crippen LogP contribution is -2.16. The summed E-state index contributed by atoms with van der Waals surface area (Å²) in [5.41, 5.74) is 1.14. The number of aryl methyl sites for hydroxylation is 1. The largest absolute Gasteiger partial charge is 0.380 e. The Hall–Kier alpha value is -0.990. The second kappa shape index (κ2) is 2.81. The fourth-order valence-electron chi connectivity index (χ4n) is 1.47. The van der Waals surface area contributed by atoms with E-state index in [4.69, 9.17) is 0 Å². The topological polar surface area (TPSA) is 29.9 Å². The van der Waals surface area contributed by atoms with E-state index < -0.39 is 0 Å². The second-order valence-electron chi connectivity index (χ2n) is 3.67. The average Bonchev–Trinajstić information content (AvgIpc) is 2.78. The Balaban J connectivity index is 1.93. The quantitative estimate of drug-likeness (QED) is 0.737. The van der Waals surface area contributed by atoms with Crippen molar-refractivity contribution in [2.75, 3.05) is 5.32 Å². The summed E-state index contributed by atoms with van der Waals surface area (Å²) in [6.45, 7) is 2.24. The number of nitrogens with one attached hydrogen (secondary N) is 1. The Bertz CT molecular complexity index is 262. The molecule has 0 saturated heterocycles. The van der Waals surface area contributed by atoms with Crippen LogP contribution in [-0.4, -0.2) is 15.8 Å². The molecule has 0 bridgehead atoms. The Kier molecular flexibility index (Phi) is 1.79. The number of aromatic nitrogens is 2. The van der Waals surface area contributed by atoms with Crippen molar-refractivity contribution in [2.24, 2.45) is 13.0 Å². The van der Waals surface area contributed by atoms with Crippen LogP contribution in [0.1, 0.15) is 19.8 Å². The first-order valence-electron chi connectivity index (χ1n) is 4.51. The van der Waals surface area contributed by atoms with Gasteiger partial charge >= 0.3 is 0 Å². The highest BCUT2D eigenvalue weighted by molar-refractivity contribution is 5.39. The Morgan fingerprint density at radius 2 is 2.42 bits per heavy atom. The van der Waals surface area contributed by atoms with Gasteiger partial charge in [0.1, 0.15) is 0 Å². The van der Waals surface area contributed by atoms with Crippen LogP contribution in [0.4, 0.5) is 5.69 Å². The van der Waals surface area contributed by atoms with Gasteiger partial charge in [-0.1, -0.05) is 0 Å². The number of nitrogens with zero attached hydrogens (tertiary/aromatic N) is 2. The van der Waals surface area contributed by atoms with E-state index in [1.807, 2.05) is 24.1 Å². The molecule has 1 aromatic heterocycles. The van der Waals surface area contributed by atoms with Crippen molar-refractivity contribution in [3.63, 3.8) is 0 Å². The second-order valence-corrected chi connectivity index (χ2v) is 3.67. The standard InChI is InChI=1S/C9H15N3/c1-7(8-3-4-8)11-9-5-10-12(2)6-9/h5-8,11H,3-4H2,1-2H3. The van der Waals surface area contributed by atoms with Gasteiger partial charge < -0.3 is 5.32 Å². The normalized spacial score (nSPS) is 19.2. The van der Waals surface area contributed by atoms with Gasteiger partial charge in [-0.3, -0.25) is 4.68 Å². The molecule has 1 N–H and O–H groups in total. The number of hydrogen-bond acceptors (Lipinski definition) is 2. The molecular formula is C9H15N3. The summed E-state index contributed by atoms with van der Waals surface area (Å²) < 4.78 is 1.82. The molecular weight excluding hydrogens is 150 g/mol. The molecule has 0 aliphatic heterocycles. The van der Waals surface area contributed by atoms with E-state index in [9.17, 15) is 0 Å². The highest BCUT2D eigenvalue weighted by Gasteiger charge is 2.27. The smallest absolute Gasteiger partial charge is 0.0728 e. The zero-order chi connectivity index (χ0) is 8.55. The van der Waals surface area contributed by atoms with Crippen LogP contribution < -0.4 is 5.32 Å². The van der Waals surface area contributed by atoms with E-state index in [-0.39, 0.29) is 0 Å². The summed E-state index contributed by atoms with van der Waals surface area (Å²) in [5, 5.41) is 7.54. The summed E-state index contributed by atoms with van der Waals surface area (Å²) >= 11 is 0. The maximum Gasteiger partial charge on any atom is 0.0728 e. The fourth-order valence-corrected chi connectivity index (χ4v) is 1.47. The van der Waals surface area contributed by atoms with Gasteiger partial charge in [0.2, 0.25) is 0 Å². The molecule has 1 aliphatic rings. The maximum absolute atomic E-state index is 4.10. The Morgan fingerprint density at radius 1 is 1.67 bits per heavy atom. The number of hydrogen-bond donors (Lipinski definition) is 1. The molecule has 3 heteroatoms. The van der Waals surface area contributed by atoms with E-state index in [0.717, 1.165) is 11.6 Å². The van der Waals surface area contributed by atoms with Crippen molar-refractivity contribution in [3.8, 4) is 0 Å². The molecule has 12 heavy (non-hydrogen) atoms. The van der Waals surface area contributed by atoms with Crippen molar-refractivity contribution < 1.29 is 0 Å². The van der Waals surface area contributed by atoms with E-state index in [1.54, 1.807) is 0 Å². The van der Waals surface area contributed by atoms with Crippen LogP contribution in [-0.2, 0) is 7.05 Å². The van der Waals surface area contributed by atoms with Crippen LogP contribution in [0.25, 0.3) is 0 Å². The molecule has 1 unspecified atom stereocenters. The van der Waals surface area contributed by atoms with Gasteiger partial charge in [0.05, 0.1) is 11.9 Å². The van der Waals surface area contributed by atoms with Gasteiger partial charge in [-0.05, 0) is 25.7 Å². The Labute approximate surface area is 72.8 Å². The fraction of sp³-hybridized carbons (Fsp3) is 0.667. The zero-order valence-electron chi connectivity index (χ0n) is 7.62. The number of anilines is 1. The van der Waals surface area contributed by atoms with Crippen molar-refractivity contribution in [2.45, 2.75) is 25.8 Å². The predicted molar refractivity (Wildman–Crippen MR) is 49.0 cm³/mol. The van der Waals surface area contributed by atoms with Crippen LogP contribution in [0.3, 0.4) is 0 Å². The monoisotopic (exact) mass is 165 g/mol. The van der Waals surface area contributed by atoms with E-state index in [0.29, 0.717) is 6.04 Å². The maximum atomic E-state index is 4.10. The molecule has 1 fully saturated rings. The van der Waals surface area contributed by atoms with Gasteiger partial charge in [0, 0.05) is 19.3 Å². The molecule has 1 heterocycles. The van der Waals surface area contributed by atoms with Crippen molar-refractivity contribution in [3.05, 3.63) is 12.4 Å². The SMILES string of the molecule is CC(Nc1cnn(C)c1)C1CC1. The summed E-state index contributed by atoms with van der Waals surface area (Å²) in [4.78, 5) is 0. The van der Waals surface area contributed by atoms with Gasteiger partial charge in [0.25, 0.3) is 0 Å². The first-order chi connectivity index (χ1) is 5.75. The molecule has 0 spiro atoms. The molecule has 0 aromatic carbocycles. The minimum atomic E-state index is 0.606. The Morgan fingerprint density at radius 3 is 2.92 bits per heavy atom. The molecule has 1 atom stereocenters. The molecule has 0 radical (unpaired) electrons. The lowest BCUT2D eigenvalue weighted by Gasteiger charge is -2.11. The summed E-state index contributed by atoms with van der Waals surface area (Å²) in [6, 6.07) is 0.606. The van der Waals surface area contributed by atoms with Crippen LogP contribution >= 0.6 is 0 Å². The van der Waals surface area contributed by atoms with Gasteiger partial charge in [-0.25, -0.2) is 0 Å². The molecule has 1 saturated carbocycles. The molecule has 0 amide bonds. The lowest BCUT2D eigenvalue weighted by molar-refractivity contribution is 0.694. The minimum Gasteiger partial charge on any atom is -0.380 e. The highest BCUT2D eigenvalue weighted by Crippen LogP contribution is 2.33. The third-order valence-electron chi connectivity index (χ3n) is 2.43. The highest BCUT2D eigenvalue weighted by atomic mass is 15.3. The van der Waals surface area contributed by atoms with Crippen LogP contribution in [0.15, 0.2) is 12.4 Å². The molecule has 66 valence electrons. The lowest BCUT2D eigenvalue weighted by atomic mass is 10.2. The summed E-state index contributed by atoms with van der Waals surface area (Å²) in [6.07, 6.45) is 6.65. The molecule has 1 aliphatic carbocycles. The molecule has 1 aromatic rings. The minimum absolute atomic E-state index is 0.606. The summed E-state index contributed by atoms with van der Waals surface area (Å²) in [7, 11) is 1.94. The van der Waals surface area contributed by atoms with Gasteiger partial charge in [-0.2, -0.15) is 5.10 Å². The van der Waals surface area contributed by atoms with Crippen LogP contribution in [0.2, 0.25) is 0 Å². The number of rotatable bonds is 3. The van der Waals surface area contributed by atoms with Gasteiger partial charge in [0.15, 0.2) is 0 Å². The third-order valence-corrected chi connectivity index (χ3v) is 2.43. The van der Waals surface area contributed by atoms with E-state index in [2.05, 4.69) is 17.3 Å². The van der Waals surface area contributed by atoms with E-state index in [1.165, 1.54) is 12.8 Å².